The van der Waals surface area contributed by atoms with Crippen LogP contribution in [0, 0.1) is 5.92 Å². The van der Waals surface area contributed by atoms with Gasteiger partial charge >= 0.3 is 0 Å². The summed E-state index contributed by atoms with van der Waals surface area (Å²) in [6.07, 6.45) is 1.95. The molecule has 1 N–H and O–H groups in total. The molecule has 0 amide bonds. The van der Waals surface area contributed by atoms with Crippen molar-refractivity contribution in [3.63, 3.8) is 0 Å². The summed E-state index contributed by atoms with van der Waals surface area (Å²) in [4.78, 5) is 0. The predicted octanol–water partition coefficient (Wildman–Crippen LogP) is 2.37. The number of aliphatic hydroxyl groups is 1. The number of aryl methyl sites for hydroxylation is 1. The number of hydrogen-bond donors (Lipinski definition) is 1. The fourth-order valence-electron chi connectivity index (χ4n) is 2.47. The van der Waals surface area contributed by atoms with Crippen molar-refractivity contribution in [2.24, 2.45) is 5.92 Å². The standard InChI is InChI=1S/C15H22O3/c1-3-12-7-13(4-5-15(12)17-2)14(8-16)6-11-9-18-10-11/h4-5,7,11,14,16H,3,6,8-10H2,1-2H3. The van der Waals surface area contributed by atoms with Gasteiger partial charge in [-0.15, -0.1) is 0 Å². The molecule has 0 radical (unpaired) electrons. The second-order valence-corrected chi connectivity index (χ2v) is 4.94. The van der Waals surface area contributed by atoms with E-state index in [1.165, 1.54) is 11.1 Å². The van der Waals surface area contributed by atoms with E-state index in [4.69, 9.17) is 9.47 Å². The maximum Gasteiger partial charge on any atom is 0.122 e. The van der Waals surface area contributed by atoms with E-state index in [0.717, 1.165) is 31.8 Å². The van der Waals surface area contributed by atoms with Crippen molar-refractivity contribution in [2.75, 3.05) is 26.9 Å². The van der Waals surface area contributed by atoms with E-state index in [-0.39, 0.29) is 12.5 Å². The molecule has 0 aromatic heterocycles. The second kappa shape index (κ2) is 6.21. The molecular formula is C15H22O3. The molecule has 0 bridgehead atoms. The molecule has 1 aromatic rings. The van der Waals surface area contributed by atoms with Crippen LogP contribution in [0.15, 0.2) is 18.2 Å². The van der Waals surface area contributed by atoms with Crippen molar-refractivity contribution in [1.29, 1.82) is 0 Å². The van der Waals surface area contributed by atoms with Crippen LogP contribution < -0.4 is 4.74 Å². The molecule has 1 fully saturated rings. The Morgan fingerprint density at radius 1 is 1.44 bits per heavy atom. The summed E-state index contributed by atoms with van der Waals surface area (Å²) in [7, 11) is 1.70. The highest BCUT2D eigenvalue weighted by molar-refractivity contribution is 5.38. The van der Waals surface area contributed by atoms with E-state index in [2.05, 4.69) is 19.1 Å². The number of ether oxygens (including phenoxy) is 2. The van der Waals surface area contributed by atoms with Gasteiger partial charge in [0.15, 0.2) is 0 Å². The molecule has 1 atom stereocenters. The average molecular weight is 250 g/mol. The lowest BCUT2D eigenvalue weighted by molar-refractivity contribution is -0.0405. The van der Waals surface area contributed by atoms with Gasteiger partial charge in [-0.05, 0) is 30.0 Å². The molecule has 1 aliphatic rings. The molecule has 1 saturated heterocycles. The quantitative estimate of drug-likeness (QED) is 0.842. The molecule has 3 nitrogen and oxygen atoms in total. The summed E-state index contributed by atoms with van der Waals surface area (Å²) in [5.74, 6) is 1.76. The van der Waals surface area contributed by atoms with Gasteiger partial charge in [0.2, 0.25) is 0 Å². The van der Waals surface area contributed by atoms with Crippen LogP contribution in [0.4, 0.5) is 0 Å². The Bertz CT molecular complexity index is 385. The van der Waals surface area contributed by atoms with Gasteiger partial charge in [-0.25, -0.2) is 0 Å². The Labute approximate surface area is 109 Å². The maximum atomic E-state index is 9.57. The largest absolute Gasteiger partial charge is 0.496 e. The van der Waals surface area contributed by atoms with Gasteiger partial charge in [-0.1, -0.05) is 19.1 Å². The molecule has 100 valence electrons. The molecule has 1 aromatic carbocycles. The molecule has 1 unspecified atom stereocenters. The summed E-state index contributed by atoms with van der Waals surface area (Å²) < 4.78 is 10.5. The Kier molecular flexibility index (Phi) is 4.61. The Balaban J connectivity index is 2.13. The van der Waals surface area contributed by atoms with Crippen molar-refractivity contribution in [1.82, 2.24) is 0 Å². The zero-order chi connectivity index (χ0) is 13.0. The lowest BCUT2D eigenvalue weighted by Crippen LogP contribution is -2.29. The molecule has 1 heterocycles. The van der Waals surface area contributed by atoms with Crippen LogP contribution in [-0.2, 0) is 11.2 Å². The predicted molar refractivity (Wildman–Crippen MR) is 71.1 cm³/mol. The topological polar surface area (TPSA) is 38.7 Å². The van der Waals surface area contributed by atoms with Crippen molar-refractivity contribution >= 4 is 0 Å². The highest BCUT2D eigenvalue weighted by atomic mass is 16.5. The number of hydrogen-bond acceptors (Lipinski definition) is 3. The van der Waals surface area contributed by atoms with Crippen LogP contribution in [0.5, 0.6) is 5.75 Å². The highest BCUT2D eigenvalue weighted by Crippen LogP contribution is 2.30. The highest BCUT2D eigenvalue weighted by Gasteiger charge is 2.24. The fraction of sp³-hybridized carbons (Fsp3) is 0.600. The first-order valence-corrected chi connectivity index (χ1v) is 6.63. The normalized spacial score (nSPS) is 17.3. The number of rotatable bonds is 6. The molecule has 0 saturated carbocycles. The minimum atomic E-state index is 0.200. The zero-order valence-electron chi connectivity index (χ0n) is 11.2. The van der Waals surface area contributed by atoms with Crippen LogP contribution in [0.1, 0.15) is 30.4 Å². The number of methoxy groups -OCH3 is 1. The summed E-state index contributed by atoms with van der Waals surface area (Å²) in [5, 5.41) is 9.57. The van der Waals surface area contributed by atoms with Crippen molar-refractivity contribution in [3.8, 4) is 5.75 Å². The van der Waals surface area contributed by atoms with Gasteiger partial charge in [0.25, 0.3) is 0 Å². The lowest BCUT2D eigenvalue weighted by atomic mass is 9.87. The van der Waals surface area contributed by atoms with Crippen molar-refractivity contribution < 1.29 is 14.6 Å². The molecule has 1 aliphatic heterocycles. The maximum absolute atomic E-state index is 9.57. The smallest absolute Gasteiger partial charge is 0.122 e. The fourth-order valence-corrected chi connectivity index (χ4v) is 2.47. The van der Waals surface area contributed by atoms with Crippen LogP contribution in [0.3, 0.4) is 0 Å². The van der Waals surface area contributed by atoms with E-state index >= 15 is 0 Å². The minimum absolute atomic E-state index is 0.200. The van der Waals surface area contributed by atoms with Crippen LogP contribution in [0.25, 0.3) is 0 Å². The molecule has 2 rings (SSSR count). The van der Waals surface area contributed by atoms with Gasteiger partial charge < -0.3 is 14.6 Å². The number of aliphatic hydroxyl groups excluding tert-OH is 1. The van der Waals surface area contributed by atoms with E-state index < -0.39 is 0 Å². The lowest BCUT2D eigenvalue weighted by Gasteiger charge is -2.29. The van der Waals surface area contributed by atoms with Gasteiger partial charge in [-0.2, -0.15) is 0 Å². The Morgan fingerprint density at radius 3 is 2.72 bits per heavy atom. The summed E-state index contributed by atoms with van der Waals surface area (Å²) >= 11 is 0. The van der Waals surface area contributed by atoms with E-state index in [1.807, 2.05) is 6.07 Å². The minimum Gasteiger partial charge on any atom is -0.496 e. The third-order valence-electron chi connectivity index (χ3n) is 3.70. The van der Waals surface area contributed by atoms with Crippen molar-refractivity contribution in [3.05, 3.63) is 29.3 Å². The van der Waals surface area contributed by atoms with E-state index in [9.17, 15) is 5.11 Å². The van der Waals surface area contributed by atoms with Gasteiger partial charge in [-0.3, -0.25) is 0 Å². The SMILES string of the molecule is CCc1cc(C(CO)CC2COC2)ccc1OC. The second-order valence-electron chi connectivity index (χ2n) is 4.94. The van der Waals surface area contributed by atoms with Crippen LogP contribution in [-0.4, -0.2) is 32.0 Å². The molecule has 0 aliphatic carbocycles. The molecule has 3 heteroatoms. The Hall–Kier alpha value is -1.06. The Morgan fingerprint density at radius 2 is 2.22 bits per heavy atom. The molecule has 0 spiro atoms. The molecule has 18 heavy (non-hydrogen) atoms. The van der Waals surface area contributed by atoms with Crippen LogP contribution >= 0.6 is 0 Å². The third-order valence-corrected chi connectivity index (χ3v) is 3.70. The third kappa shape index (κ3) is 2.85. The zero-order valence-corrected chi connectivity index (χ0v) is 11.2. The first-order chi connectivity index (χ1) is 8.78. The average Bonchev–Trinajstić information content (AvgIpc) is 2.37. The van der Waals surface area contributed by atoms with Crippen molar-refractivity contribution in [2.45, 2.75) is 25.7 Å². The number of benzene rings is 1. The summed E-state index contributed by atoms with van der Waals surface area (Å²) in [5.41, 5.74) is 2.42. The van der Waals surface area contributed by atoms with E-state index in [1.54, 1.807) is 7.11 Å². The first kappa shape index (κ1) is 13.4. The van der Waals surface area contributed by atoms with E-state index in [0.29, 0.717) is 5.92 Å². The summed E-state index contributed by atoms with van der Waals surface area (Å²) in [6.45, 7) is 4.00. The first-order valence-electron chi connectivity index (χ1n) is 6.63. The van der Waals surface area contributed by atoms with Gasteiger partial charge in [0, 0.05) is 18.4 Å². The monoisotopic (exact) mass is 250 g/mol. The van der Waals surface area contributed by atoms with Gasteiger partial charge in [0.1, 0.15) is 5.75 Å². The summed E-state index contributed by atoms with van der Waals surface area (Å²) in [6, 6.07) is 6.24. The van der Waals surface area contributed by atoms with Gasteiger partial charge in [0.05, 0.1) is 20.3 Å². The molecular weight excluding hydrogens is 228 g/mol. The van der Waals surface area contributed by atoms with Crippen LogP contribution in [0.2, 0.25) is 0 Å².